The molecule has 100 valence electrons. The van der Waals surface area contributed by atoms with Crippen LogP contribution in [0.5, 0.6) is 0 Å². The highest BCUT2D eigenvalue weighted by molar-refractivity contribution is 5.51. The van der Waals surface area contributed by atoms with Gasteiger partial charge >= 0.3 is 0 Å². The zero-order valence-electron chi connectivity index (χ0n) is 11.4. The van der Waals surface area contributed by atoms with E-state index in [-0.39, 0.29) is 0 Å². The molecule has 2 N–H and O–H groups in total. The molecular weight excluding hydrogens is 226 g/mol. The third kappa shape index (κ3) is 2.65. The summed E-state index contributed by atoms with van der Waals surface area (Å²) in [6.07, 6.45) is 3.48. The molecule has 0 bridgehead atoms. The van der Waals surface area contributed by atoms with Crippen LogP contribution in [0, 0.1) is 0 Å². The van der Waals surface area contributed by atoms with E-state index in [1.807, 2.05) is 0 Å². The Labute approximate surface area is 109 Å². The molecule has 1 aliphatic rings. The Balaban J connectivity index is 2.29. The van der Waals surface area contributed by atoms with E-state index in [1.165, 1.54) is 17.7 Å². The number of nitrogens with zero attached hydrogens (tertiary/aromatic N) is 2. The van der Waals surface area contributed by atoms with Gasteiger partial charge in [0.2, 0.25) is 0 Å². The molecule has 4 nitrogen and oxygen atoms in total. The lowest BCUT2D eigenvalue weighted by atomic mass is 10.1. The van der Waals surface area contributed by atoms with Gasteiger partial charge in [0.1, 0.15) is 5.82 Å². The molecule has 0 fully saturated rings. The van der Waals surface area contributed by atoms with Gasteiger partial charge in [-0.2, -0.15) is 0 Å². The highest BCUT2D eigenvalue weighted by Crippen LogP contribution is 2.27. The molecular formula is C14H23N3O. The summed E-state index contributed by atoms with van der Waals surface area (Å²) in [5, 5.41) is 0. The minimum atomic E-state index is 0.555. The molecule has 0 aliphatic heterocycles. The van der Waals surface area contributed by atoms with Crippen molar-refractivity contribution in [2.75, 3.05) is 31.7 Å². The average Bonchev–Trinajstić information content (AvgIpc) is 2.85. The van der Waals surface area contributed by atoms with E-state index in [0.29, 0.717) is 6.54 Å². The summed E-state index contributed by atoms with van der Waals surface area (Å²) >= 11 is 0. The Hall–Kier alpha value is -1.13. The zero-order valence-corrected chi connectivity index (χ0v) is 11.4. The van der Waals surface area contributed by atoms with Crippen molar-refractivity contribution < 1.29 is 4.74 Å². The van der Waals surface area contributed by atoms with E-state index in [4.69, 9.17) is 15.5 Å². The number of aromatic nitrogens is 1. The Morgan fingerprint density at radius 1 is 1.44 bits per heavy atom. The first-order valence-electron chi connectivity index (χ1n) is 6.75. The van der Waals surface area contributed by atoms with Gasteiger partial charge in [0.25, 0.3) is 0 Å². The van der Waals surface area contributed by atoms with Crippen molar-refractivity contribution in [2.45, 2.75) is 32.7 Å². The number of rotatable bonds is 6. The number of nitrogens with two attached hydrogens (primary N) is 1. The predicted octanol–water partition coefficient (Wildman–Crippen LogP) is 1.50. The summed E-state index contributed by atoms with van der Waals surface area (Å²) in [6, 6.07) is 2.25. The summed E-state index contributed by atoms with van der Waals surface area (Å²) < 4.78 is 5.16. The highest BCUT2D eigenvalue weighted by atomic mass is 16.5. The quantitative estimate of drug-likeness (QED) is 0.830. The van der Waals surface area contributed by atoms with Crippen LogP contribution in [0.3, 0.4) is 0 Å². The molecule has 0 spiro atoms. The molecule has 1 aromatic rings. The van der Waals surface area contributed by atoms with Crippen LogP contribution in [0.2, 0.25) is 0 Å². The molecule has 0 aromatic carbocycles. The molecule has 4 heteroatoms. The van der Waals surface area contributed by atoms with Crippen molar-refractivity contribution in [1.82, 2.24) is 4.98 Å². The standard InChI is InChI=1S/C14H23N3O/c1-3-17(7-8-18-2)14-12(10-15)9-11-5-4-6-13(11)16-14/h9H,3-8,10,15H2,1-2H3. The van der Waals surface area contributed by atoms with Gasteiger partial charge in [-0.25, -0.2) is 4.98 Å². The maximum Gasteiger partial charge on any atom is 0.133 e. The second kappa shape index (κ2) is 6.16. The first-order chi connectivity index (χ1) is 8.80. The molecule has 0 radical (unpaired) electrons. The first kappa shape index (κ1) is 13.3. The van der Waals surface area contributed by atoms with Crippen molar-refractivity contribution in [1.29, 1.82) is 0 Å². The summed E-state index contributed by atoms with van der Waals surface area (Å²) in [6.45, 7) is 5.22. The number of ether oxygens (including phenoxy) is 1. The molecule has 0 saturated heterocycles. The Bertz CT molecular complexity index is 406. The maximum absolute atomic E-state index is 5.87. The van der Waals surface area contributed by atoms with Crippen LogP contribution in [0.4, 0.5) is 5.82 Å². The van der Waals surface area contributed by atoms with Gasteiger partial charge < -0.3 is 15.4 Å². The van der Waals surface area contributed by atoms with Gasteiger partial charge in [0.15, 0.2) is 0 Å². The smallest absolute Gasteiger partial charge is 0.133 e. The average molecular weight is 249 g/mol. The summed E-state index contributed by atoms with van der Waals surface area (Å²) in [7, 11) is 1.73. The Morgan fingerprint density at radius 2 is 2.28 bits per heavy atom. The fourth-order valence-corrected chi connectivity index (χ4v) is 2.55. The minimum absolute atomic E-state index is 0.555. The van der Waals surface area contributed by atoms with Gasteiger partial charge in [-0.1, -0.05) is 0 Å². The fraction of sp³-hybridized carbons (Fsp3) is 0.643. The number of hydrogen-bond acceptors (Lipinski definition) is 4. The number of anilines is 1. The lowest BCUT2D eigenvalue weighted by Gasteiger charge is -2.24. The molecule has 0 atom stereocenters. The third-order valence-corrected chi connectivity index (χ3v) is 3.57. The molecule has 18 heavy (non-hydrogen) atoms. The molecule has 1 heterocycles. The van der Waals surface area contributed by atoms with Gasteiger partial charge in [-0.05, 0) is 37.8 Å². The maximum atomic E-state index is 5.87. The number of pyridine rings is 1. The summed E-state index contributed by atoms with van der Waals surface area (Å²) in [4.78, 5) is 7.09. The lowest BCUT2D eigenvalue weighted by molar-refractivity contribution is 0.205. The van der Waals surface area contributed by atoms with Crippen LogP contribution < -0.4 is 10.6 Å². The zero-order chi connectivity index (χ0) is 13.0. The number of methoxy groups -OCH3 is 1. The van der Waals surface area contributed by atoms with E-state index in [0.717, 1.165) is 43.9 Å². The second-order valence-electron chi connectivity index (χ2n) is 4.71. The van der Waals surface area contributed by atoms with Gasteiger partial charge in [-0.3, -0.25) is 0 Å². The van der Waals surface area contributed by atoms with E-state index in [9.17, 15) is 0 Å². The molecule has 1 aromatic heterocycles. The molecule has 0 amide bonds. The summed E-state index contributed by atoms with van der Waals surface area (Å²) in [5.74, 6) is 1.05. The summed E-state index contributed by atoms with van der Waals surface area (Å²) in [5.41, 5.74) is 9.68. The van der Waals surface area contributed by atoms with Crippen molar-refractivity contribution >= 4 is 5.82 Å². The molecule has 1 aliphatic carbocycles. The molecule has 0 unspecified atom stereocenters. The van der Waals surface area contributed by atoms with Gasteiger partial charge in [-0.15, -0.1) is 0 Å². The van der Waals surface area contributed by atoms with Crippen LogP contribution in [0.25, 0.3) is 0 Å². The Kier molecular flexibility index (Phi) is 4.55. The number of aryl methyl sites for hydroxylation is 2. The van der Waals surface area contributed by atoms with Crippen molar-refractivity contribution in [3.63, 3.8) is 0 Å². The van der Waals surface area contributed by atoms with Crippen LogP contribution in [-0.4, -0.2) is 31.8 Å². The lowest BCUT2D eigenvalue weighted by Crippen LogP contribution is -2.29. The normalized spacial score (nSPS) is 13.7. The van der Waals surface area contributed by atoms with E-state index < -0.39 is 0 Å². The van der Waals surface area contributed by atoms with Crippen LogP contribution in [0.15, 0.2) is 6.07 Å². The highest BCUT2D eigenvalue weighted by Gasteiger charge is 2.18. The molecule has 0 saturated carbocycles. The number of likely N-dealkylation sites (N-methyl/N-ethyl adjacent to an activating group) is 1. The molecule has 2 rings (SSSR count). The third-order valence-electron chi connectivity index (χ3n) is 3.57. The van der Waals surface area contributed by atoms with E-state index in [2.05, 4.69) is 17.9 Å². The van der Waals surface area contributed by atoms with E-state index >= 15 is 0 Å². The van der Waals surface area contributed by atoms with Crippen LogP contribution in [0.1, 0.15) is 30.2 Å². The van der Waals surface area contributed by atoms with Crippen molar-refractivity contribution in [3.05, 3.63) is 22.9 Å². The fourth-order valence-electron chi connectivity index (χ4n) is 2.55. The SMILES string of the molecule is CCN(CCOC)c1nc2c(cc1CN)CCC2. The van der Waals surface area contributed by atoms with Crippen molar-refractivity contribution in [2.24, 2.45) is 5.73 Å². The van der Waals surface area contributed by atoms with Gasteiger partial charge in [0, 0.05) is 38.0 Å². The first-order valence-corrected chi connectivity index (χ1v) is 6.75. The topological polar surface area (TPSA) is 51.4 Å². The number of fused-ring (bicyclic) bond motifs is 1. The minimum Gasteiger partial charge on any atom is -0.383 e. The van der Waals surface area contributed by atoms with Crippen molar-refractivity contribution in [3.8, 4) is 0 Å². The largest absolute Gasteiger partial charge is 0.383 e. The van der Waals surface area contributed by atoms with Gasteiger partial charge in [0.05, 0.1) is 6.61 Å². The predicted molar refractivity (Wildman–Crippen MR) is 73.9 cm³/mol. The number of hydrogen-bond donors (Lipinski definition) is 1. The van der Waals surface area contributed by atoms with Crippen LogP contribution in [-0.2, 0) is 24.1 Å². The van der Waals surface area contributed by atoms with E-state index in [1.54, 1.807) is 7.11 Å². The Morgan fingerprint density at radius 3 is 2.94 bits per heavy atom. The van der Waals surface area contributed by atoms with Crippen LogP contribution >= 0.6 is 0 Å². The monoisotopic (exact) mass is 249 g/mol. The second-order valence-corrected chi connectivity index (χ2v) is 4.71.